The Hall–Kier alpha value is -3.26. The Morgan fingerprint density at radius 2 is 1.77 bits per heavy atom. The van der Waals surface area contributed by atoms with Crippen LogP contribution in [-0.4, -0.2) is 30.0 Å². The summed E-state index contributed by atoms with van der Waals surface area (Å²) in [5.41, 5.74) is 8.83. The monoisotopic (exact) mass is 436 g/mol. The van der Waals surface area contributed by atoms with E-state index in [1.807, 2.05) is 31.2 Å². The second-order valence-corrected chi connectivity index (χ2v) is 9.95. The van der Waals surface area contributed by atoms with E-state index in [0.29, 0.717) is 11.4 Å². The minimum Gasteiger partial charge on any atom is -0.382 e. The standard InChI is InChI=1S/C23H24N4O3S/c1-15-5-7-17(8-6-15)20-13-25-22(24)21(27-20)23(28)26-18-9-11-19(12-10-18)31(29,30)14-16-3-2-4-16/h5-13,16H,2-4,14H2,1H3,(H2,24,25)(H,26,28). The maximum Gasteiger partial charge on any atom is 0.278 e. The van der Waals surface area contributed by atoms with Crippen molar-refractivity contribution in [1.29, 1.82) is 0 Å². The van der Waals surface area contributed by atoms with Crippen LogP contribution in [-0.2, 0) is 9.84 Å². The van der Waals surface area contributed by atoms with Crippen molar-refractivity contribution in [3.63, 3.8) is 0 Å². The molecule has 3 N–H and O–H groups in total. The Bertz CT molecular complexity index is 1200. The summed E-state index contributed by atoms with van der Waals surface area (Å²) in [6.45, 7) is 1.99. The number of sulfone groups is 1. The zero-order valence-corrected chi connectivity index (χ0v) is 18.0. The summed E-state index contributed by atoms with van der Waals surface area (Å²) < 4.78 is 25.0. The van der Waals surface area contributed by atoms with Gasteiger partial charge in [0.25, 0.3) is 5.91 Å². The van der Waals surface area contributed by atoms with E-state index in [-0.39, 0.29) is 28.1 Å². The van der Waals surface area contributed by atoms with Gasteiger partial charge in [0.05, 0.1) is 22.5 Å². The molecule has 7 nitrogen and oxygen atoms in total. The van der Waals surface area contributed by atoms with Crippen LogP contribution in [0.2, 0.25) is 0 Å². The molecule has 160 valence electrons. The lowest BCUT2D eigenvalue weighted by atomic mass is 9.87. The van der Waals surface area contributed by atoms with Crippen molar-refractivity contribution in [1.82, 2.24) is 9.97 Å². The van der Waals surface area contributed by atoms with Crippen molar-refractivity contribution in [2.75, 3.05) is 16.8 Å². The molecule has 0 bridgehead atoms. The van der Waals surface area contributed by atoms with Crippen molar-refractivity contribution >= 4 is 27.2 Å². The van der Waals surface area contributed by atoms with Gasteiger partial charge in [-0.1, -0.05) is 36.2 Å². The minimum absolute atomic E-state index is 0.0137. The first-order valence-corrected chi connectivity index (χ1v) is 11.8. The Balaban J connectivity index is 1.50. The molecular weight excluding hydrogens is 412 g/mol. The number of hydrogen-bond acceptors (Lipinski definition) is 6. The molecule has 1 aromatic heterocycles. The Kier molecular flexibility index (Phi) is 5.73. The first kappa shape index (κ1) is 21.0. The first-order valence-electron chi connectivity index (χ1n) is 10.2. The molecule has 1 fully saturated rings. The molecule has 1 amide bonds. The third-order valence-corrected chi connectivity index (χ3v) is 7.42. The summed E-state index contributed by atoms with van der Waals surface area (Å²) in [5.74, 6) is -0.0554. The summed E-state index contributed by atoms with van der Waals surface area (Å²) in [6, 6.07) is 13.9. The molecule has 0 atom stereocenters. The number of hydrogen-bond donors (Lipinski definition) is 2. The molecule has 0 radical (unpaired) electrons. The van der Waals surface area contributed by atoms with E-state index in [1.54, 1.807) is 12.1 Å². The van der Waals surface area contributed by atoms with Crippen LogP contribution >= 0.6 is 0 Å². The highest BCUT2D eigenvalue weighted by atomic mass is 32.2. The van der Waals surface area contributed by atoms with E-state index in [9.17, 15) is 13.2 Å². The first-order chi connectivity index (χ1) is 14.8. The third-order valence-electron chi connectivity index (χ3n) is 5.51. The lowest BCUT2D eigenvalue weighted by molar-refractivity contribution is 0.102. The smallest absolute Gasteiger partial charge is 0.278 e. The van der Waals surface area contributed by atoms with Crippen molar-refractivity contribution < 1.29 is 13.2 Å². The Labute approximate surface area is 181 Å². The maximum absolute atomic E-state index is 12.7. The van der Waals surface area contributed by atoms with Gasteiger partial charge < -0.3 is 11.1 Å². The topological polar surface area (TPSA) is 115 Å². The van der Waals surface area contributed by atoms with Crippen LogP contribution in [0.1, 0.15) is 35.3 Å². The fourth-order valence-electron chi connectivity index (χ4n) is 3.43. The predicted octanol–water partition coefficient (Wildman–Crippen LogP) is 3.86. The fraction of sp³-hybridized carbons (Fsp3) is 0.261. The highest BCUT2D eigenvalue weighted by Crippen LogP contribution is 2.30. The molecule has 1 heterocycles. The number of aromatic nitrogens is 2. The number of carbonyl (C=O) groups excluding carboxylic acids is 1. The van der Waals surface area contributed by atoms with Gasteiger partial charge in [0.1, 0.15) is 0 Å². The van der Waals surface area contributed by atoms with Gasteiger partial charge in [0, 0.05) is 11.3 Å². The predicted molar refractivity (Wildman–Crippen MR) is 120 cm³/mol. The molecule has 2 aromatic carbocycles. The van der Waals surface area contributed by atoms with E-state index in [2.05, 4.69) is 15.3 Å². The summed E-state index contributed by atoms with van der Waals surface area (Å²) >= 11 is 0. The van der Waals surface area contributed by atoms with Crippen molar-refractivity contribution in [2.24, 2.45) is 5.92 Å². The van der Waals surface area contributed by atoms with Gasteiger partial charge in [-0.3, -0.25) is 4.79 Å². The van der Waals surface area contributed by atoms with Gasteiger partial charge in [-0.25, -0.2) is 18.4 Å². The molecular formula is C23H24N4O3S. The number of carbonyl (C=O) groups is 1. The second-order valence-electron chi connectivity index (χ2n) is 7.91. The number of nitrogens with one attached hydrogen (secondary N) is 1. The molecule has 3 aromatic rings. The van der Waals surface area contributed by atoms with Gasteiger partial charge in [0.2, 0.25) is 0 Å². The summed E-state index contributed by atoms with van der Waals surface area (Å²) in [4.78, 5) is 21.5. The zero-order valence-electron chi connectivity index (χ0n) is 17.2. The second kappa shape index (κ2) is 8.47. The number of aryl methyl sites for hydroxylation is 1. The van der Waals surface area contributed by atoms with Crippen LogP contribution in [0.3, 0.4) is 0 Å². The SMILES string of the molecule is Cc1ccc(-c2cnc(N)c(C(=O)Nc3ccc(S(=O)(=O)CC4CCC4)cc3)n2)cc1. The average Bonchev–Trinajstić information content (AvgIpc) is 2.72. The molecule has 31 heavy (non-hydrogen) atoms. The lowest BCUT2D eigenvalue weighted by Gasteiger charge is -2.24. The van der Waals surface area contributed by atoms with E-state index in [4.69, 9.17) is 5.73 Å². The number of nitrogen functional groups attached to an aromatic ring is 1. The number of anilines is 2. The average molecular weight is 437 g/mol. The number of rotatable bonds is 6. The van der Waals surface area contributed by atoms with E-state index < -0.39 is 15.7 Å². The fourth-order valence-corrected chi connectivity index (χ4v) is 5.13. The molecule has 0 saturated heterocycles. The molecule has 4 rings (SSSR count). The van der Waals surface area contributed by atoms with E-state index in [0.717, 1.165) is 30.4 Å². The maximum atomic E-state index is 12.7. The van der Waals surface area contributed by atoms with E-state index >= 15 is 0 Å². The number of amides is 1. The lowest BCUT2D eigenvalue weighted by Crippen LogP contribution is -2.22. The van der Waals surface area contributed by atoms with Gasteiger partial charge in [-0.2, -0.15) is 0 Å². The molecule has 1 saturated carbocycles. The molecule has 8 heteroatoms. The highest BCUT2D eigenvalue weighted by molar-refractivity contribution is 7.91. The van der Waals surface area contributed by atoms with Gasteiger partial charge >= 0.3 is 0 Å². The molecule has 1 aliphatic carbocycles. The van der Waals surface area contributed by atoms with Crippen LogP contribution in [0.15, 0.2) is 59.6 Å². The van der Waals surface area contributed by atoms with Crippen LogP contribution in [0.5, 0.6) is 0 Å². The highest BCUT2D eigenvalue weighted by Gasteiger charge is 2.25. The van der Waals surface area contributed by atoms with Crippen molar-refractivity contribution in [2.45, 2.75) is 31.1 Å². The molecule has 0 aliphatic heterocycles. The minimum atomic E-state index is -3.32. The van der Waals surface area contributed by atoms with Gasteiger partial charge in [0.15, 0.2) is 21.3 Å². The van der Waals surface area contributed by atoms with Crippen molar-refractivity contribution in [3.05, 3.63) is 66.0 Å². The Morgan fingerprint density at radius 3 is 2.39 bits per heavy atom. The number of nitrogens with zero attached hydrogens (tertiary/aromatic N) is 2. The quantitative estimate of drug-likeness (QED) is 0.606. The molecule has 1 aliphatic rings. The normalized spacial score (nSPS) is 14.1. The van der Waals surface area contributed by atoms with Crippen LogP contribution < -0.4 is 11.1 Å². The summed E-state index contributed by atoms with van der Waals surface area (Å²) in [7, 11) is -3.32. The zero-order chi connectivity index (χ0) is 22.0. The van der Waals surface area contributed by atoms with E-state index in [1.165, 1.54) is 18.3 Å². The summed E-state index contributed by atoms with van der Waals surface area (Å²) in [6.07, 6.45) is 4.57. The molecule has 0 unspecified atom stereocenters. The Morgan fingerprint density at radius 1 is 1.10 bits per heavy atom. The van der Waals surface area contributed by atoms with Gasteiger partial charge in [-0.05, 0) is 49.9 Å². The summed E-state index contributed by atoms with van der Waals surface area (Å²) in [5, 5.41) is 2.71. The van der Waals surface area contributed by atoms with Gasteiger partial charge in [-0.15, -0.1) is 0 Å². The largest absolute Gasteiger partial charge is 0.382 e. The third kappa shape index (κ3) is 4.74. The number of benzene rings is 2. The number of nitrogens with two attached hydrogens (primary N) is 1. The van der Waals surface area contributed by atoms with Crippen LogP contribution in [0, 0.1) is 12.8 Å². The van der Waals surface area contributed by atoms with Crippen molar-refractivity contribution in [3.8, 4) is 11.3 Å². The van der Waals surface area contributed by atoms with Crippen LogP contribution in [0.25, 0.3) is 11.3 Å². The molecule has 0 spiro atoms. The van der Waals surface area contributed by atoms with Crippen LogP contribution in [0.4, 0.5) is 11.5 Å².